The SMILES string of the molecule is Cc1c(-c2cc3cc(NC(=O)O[C@@H]4CCN(C(=O)OC(C)(C)C)C[C@@H]4F)ncc3c(NC(=O)OC(C)(C)C)c2F)cnc2c1N(C(=O)OC(C)(C)C)CCO2. The number of rotatable bonds is 4. The van der Waals surface area contributed by atoms with Crippen LogP contribution in [0.5, 0.6) is 5.88 Å². The number of piperidine rings is 1. The van der Waals surface area contributed by atoms with E-state index in [1.807, 2.05) is 0 Å². The topological polar surface area (TPSA) is 171 Å². The molecule has 298 valence electrons. The lowest BCUT2D eigenvalue weighted by Crippen LogP contribution is -2.50. The van der Waals surface area contributed by atoms with Crippen molar-refractivity contribution in [1.82, 2.24) is 14.9 Å². The van der Waals surface area contributed by atoms with E-state index in [-0.39, 0.29) is 66.6 Å². The fraction of sp³-hybridized carbons (Fsp3) is 0.526. The van der Waals surface area contributed by atoms with Gasteiger partial charge in [0.1, 0.15) is 41.0 Å². The van der Waals surface area contributed by atoms with Gasteiger partial charge in [0, 0.05) is 41.9 Å². The van der Waals surface area contributed by atoms with Crippen molar-refractivity contribution in [2.45, 2.75) is 105 Å². The second-order valence-electron chi connectivity index (χ2n) is 16.3. The van der Waals surface area contributed by atoms with Gasteiger partial charge >= 0.3 is 24.4 Å². The molecule has 3 aromatic rings. The first kappa shape index (κ1) is 40.7. The van der Waals surface area contributed by atoms with Gasteiger partial charge in [-0.15, -0.1) is 0 Å². The lowest BCUT2D eigenvalue weighted by molar-refractivity contribution is -0.0213. The van der Waals surface area contributed by atoms with Crippen molar-refractivity contribution in [1.29, 1.82) is 0 Å². The van der Waals surface area contributed by atoms with Gasteiger partial charge in [0.25, 0.3) is 0 Å². The zero-order chi connectivity index (χ0) is 40.6. The molecule has 0 bridgehead atoms. The van der Waals surface area contributed by atoms with Gasteiger partial charge in [-0.25, -0.2) is 37.9 Å². The highest BCUT2D eigenvalue weighted by atomic mass is 19.1. The van der Waals surface area contributed by atoms with Crippen molar-refractivity contribution in [2.24, 2.45) is 0 Å². The number of carbonyl (C=O) groups is 4. The second kappa shape index (κ2) is 15.3. The van der Waals surface area contributed by atoms with E-state index in [1.165, 1.54) is 34.3 Å². The van der Waals surface area contributed by atoms with Crippen molar-refractivity contribution in [2.75, 3.05) is 41.8 Å². The maximum Gasteiger partial charge on any atom is 0.415 e. The minimum atomic E-state index is -1.67. The molecular formula is C38H48F2N6O9. The molecule has 15 nitrogen and oxygen atoms in total. The molecule has 2 aliphatic heterocycles. The molecule has 1 fully saturated rings. The Labute approximate surface area is 318 Å². The van der Waals surface area contributed by atoms with Crippen LogP contribution in [-0.4, -0.2) is 94.6 Å². The van der Waals surface area contributed by atoms with Crippen LogP contribution in [0.4, 0.5) is 45.2 Å². The molecule has 2 atom stereocenters. The quantitative estimate of drug-likeness (QED) is 0.246. The first-order valence-electron chi connectivity index (χ1n) is 17.8. The Kier molecular flexibility index (Phi) is 11.3. The van der Waals surface area contributed by atoms with Crippen molar-refractivity contribution >= 4 is 52.3 Å². The number of hydrogen-bond donors (Lipinski definition) is 2. The van der Waals surface area contributed by atoms with E-state index in [0.29, 0.717) is 16.6 Å². The summed E-state index contributed by atoms with van der Waals surface area (Å²) in [5.41, 5.74) is -1.74. The Hall–Kier alpha value is -5.48. The number of ether oxygens (including phenoxy) is 5. The van der Waals surface area contributed by atoms with Crippen LogP contribution >= 0.6 is 0 Å². The fourth-order valence-corrected chi connectivity index (χ4v) is 5.95. The monoisotopic (exact) mass is 770 g/mol. The molecular weight excluding hydrogens is 722 g/mol. The maximum absolute atomic E-state index is 16.7. The number of amides is 4. The standard InChI is InChI=1S/C38H48F2N6O9/c1-20-23(17-42-31-30(20)46(13-14-51-31)35(50)55-38(8,9)10)22-15-21-16-27(41-18-24(21)29(28(22)40)44-33(48)53-36(2,3)4)43-32(47)52-26-11-12-45(19-25(26)39)34(49)54-37(5,6)7/h15-18,25-26H,11-14,19H2,1-10H3,(H,44,48)(H,41,43,47)/t25-,26+/m0/s1. The summed E-state index contributed by atoms with van der Waals surface area (Å²) in [6.45, 7) is 17.1. The third-order valence-electron chi connectivity index (χ3n) is 8.21. The van der Waals surface area contributed by atoms with Gasteiger partial charge in [0.05, 0.1) is 18.8 Å². The molecule has 1 saturated heterocycles. The Bertz CT molecular complexity index is 1990. The van der Waals surface area contributed by atoms with Gasteiger partial charge in [0.15, 0.2) is 12.0 Å². The van der Waals surface area contributed by atoms with E-state index in [2.05, 4.69) is 20.6 Å². The smallest absolute Gasteiger partial charge is 0.415 e. The van der Waals surface area contributed by atoms with E-state index in [0.717, 1.165) is 0 Å². The molecule has 0 radical (unpaired) electrons. The average molecular weight is 771 g/mol. The molecule has 0 unspecified atom stereocenters. The highest BCUT2D eigenvalue weighted by Crippen LogP contribution is 2.42. The number of alkyl halides is 1. The number of fused-ring (bicyclic) bond motifs is 2. The lowest BCUT2D eigenvalue weighted by atomic mass is 9.96. The normalized spacial score (nSPS) is 17.5. The summed E-state index contributed by atoms with van der Waals surface area (Å²) in [5.74, 6) is -0.714. The van der Waals surface area contributed by atoms with Crippen LogP contribution in [0.3, 0.4) is 0 Å². The predicted molar refractivity (Wildman–Crippen MR) is 200 cm³/mol. The molecule has 2 aromatic heterocycles. The molecule has 0 spiro atoms. The number of nitrogens with zero attached hydrogens (tertiary/aromatic N) is 4. The highest BCUT2D eigenvalue weighted by molar-refractivity contribution is 6.05. The van der Waals surface area contributed by atoms with Crippen LogP contribution in [-0.2, 0) is 18.9 Å². The van der Waals surface area contributed by atoms with E-state index in [4.69, 9.17) is 23.7 Å². The van der Waals surface area contributed by atoms with Crippen LogP contribution in [0, 0.1) is 12.7 Å². The summed E-state index contributed by atoms with van der Waals surface area (Å²) >= 11 is 0. The fourth-order valence-electron chi connectivity index (χ4n) is 5.95. The van der Waals surface area contributed by atoms with Crippen LogP contribution in [0.25, 0.3) is 21.9 Å². The second-order valence-corrected chi connectivity index (χ2v) is 16.3. The van der Waals surface area contributed by atoms with Crippen molar-refractivity contribution < 1.29 is 51.6 Å². The van der Waals surface area contributed by atoms with Crippen LogP contribution in [0.2, 0.25) is 0 Å². The number of hydrogen-bond acceptors (Lipinski definition) is 11. The Morgan fingerprint density at radius 1 is 0.836 bits per heavy atom. The number of aromatic nitrogens is 2. The number of benzene rings is 1. The van der Waals surface area contributed by atoms with Crippen LogP contribution in [0.1, 0.15) is 74.3 Å². The highest BCUT2D eigenvalue weighted by Gasteiger charge is 2.36. The molecule has 55 heavy (non-hydrogen) atoms. The number of carbonyl (C=O) groups excluding carboxylic acids is 4. The first-order valence-corrected chi connectivity index (χ1v) is 17.8. The van der Waals surface area contributed by atoms with Gasteiger partial charge < -0.3 is 28.6 Å². The van der Waals surface area contributed by atoms with Crippen molar-refractivity contribution in [3.05, 3.63) is 35.9 Å². The van der Waals surface area contributed by atoms with Gasteiger partial charge in [-0.1, -0.05) is 0 Å². The molecule has 4 amide bonds. The Morgan fingerprint density at radius 3 is 2.13 bits per heavy atom. The molecule has 5 rings (SSSR count). The molecule has 1 aromatic carbocycles. The summed E-state index contributed by atoms with van der Waals surface area (Å²) in [6, 6.07) is 2.90. The number of nitrogens with one attached hydrogen (secondary N) is 2. The van der Waals surface area contributed by atoms with Gasteiger partial charge in [0.2, 0.25) is 5.88 Å². The zero-order valence-corrected chi connectivity index (χ0v) is 32.7. The molecule has 17 heteroatoms. The first-order chi connectivity index (χ1) is 25.5. The third-order valence-corrected chi connectivity index (χ3v) is 8.21. The Balaban J connectivity index is 1.47. The maximum atomic E-state index is 16.7. The number of halogens is 2. The predicted octanol–water partition coefficient (Wildman–Crippen LogP) is 8.12. The van der Waals surface area contributed by atoms with Crippen molar-refractivity contribution in [3.63, 3.8) is 0 Å². The number of pyridine rings is 2. The zero-order valence-electron chi connectivity index (χ0n) is 32.7. The van der Waals surface area contributed by atoms with Crippen LogP contribution in [0.15, 0.2) is 24.5 Å². The number of likely N-dealkylation sites (tertiary alicyclic amines) is 1. The summed E-state index contributed by atoms with van der Waals surface area (Å²) in [5, 5.41) is 5.46. The lowest BCUT2D eigenvalue weighted by Gasteiger charge is -2.35. The Morgan fingerprint density at radius 2 is 1.49 bits per heavy atom. The van der Waals surface area contributed by atoms with Gasteiger partial charge in [-0.05, 0) is 92.3 Å². The van der Waals surface area contributed by atoms with E-state index >= 15 is 8.78 Å². The van der Waals surface area contributed by atoms with Crippen molar-refractivity contribution in [3.8, 4) is 17.0 Å². The minimum Gasteiger partial charge on any atom is -0.474 e. The molecule has 2 aliphatic rings. The number of anilines is 3. The van der Waals surface area contributed by atoms with Gasteiger partial charge in [-0.2, -0.15) is 0 Å². The van der Waals surface area contributed by atoms with Crippen LogP contribution < -0.4 is 20.3 Å². The molecule has 4 heterocycles. The summed E-state index contributed by atoms with van der Waals surface area (Å²) in [6.07, 6.45) is -3.37. The van der Waals surface area contributed by atoms with E-state index < -0.39 is 59.3 Å². The average Bonchev–Trinajstić information content (AvgIpc) is 3.04. The minimum absolute atomic E-state index is 0.0159. The summed E-state index contributed by atoms with van der Waals surface area (Å²) < 4.78 is 59.3. The molecule has 0 aliphatic carbocycles. The summed E-state index contributed by atoms with van der Waals surface area (Å²) in [4.78, 5) is 62.8. The molecule has 0 saturated carbocycles. The third kappa shape index (κ3) is 9.99. The molecule has 2 N–H and O–H groups in total. The largest absolute Gasteiger partial charge is 0.474 e. The summed E-state index contributed by atoms with van der Waals surface area (Å²) in [7, 11) is 0. The van der Waals surface area contributed by atoms with E-state index in [1.54, 1.807) is 69.2 Å². The van der Waals surface area contributed by atoms with Gasteiger partial charge in [-0.3, -0.25) is 15.5 Å². The van der Waals surface area contributed by atoms with E-state index in [9.17, 15) is 19.2 Å².